The number of hydrogen-bond acceptors (Lipinski definition) is 3. The third-order valence-corrected chi connectivity index (χ3v) is 4.68. The van der Waals surface area contributed by atoms with Crippen LogP contribution in [-0.4, -0.2) is 37.2 Å². The van der Waals surface area contributed by atoms with Crippen molar-refractivity contribution in [1.29, 1.82) is 0 Å². The summed E-state index contributed by atoms with van der Waals surface area (Å²) in [7, 11) is 0. The molecule has 4 nitrogen and oxygen atoms in total. The minimum Gasteiger partial charge on any atom is -0.445 e. The van der Waals surface area contributed by atoms with Gasteiger partial charge in [0.2, 0.25) is 0 Å². The molecule has 2 atom stereocenters. The van der Waals surface area contributed by atoms with E-state index in [1.54, 1.807) is 23.1 Å². The number of rotatable bonds is 2. The smallest absolute Gasteiger partial charge is 0.410 e. The van der Waals surface area contributed by atoms with Crippen molar-refractivity contribution in [2.75, 3.05) is 26.2 Å². The van der Waals surface area contributed by atoms with Crippen molar-refractivity contribution in [3.63, 3.8) is 0 Å². The normalized spacial score (nSPS) is 24.8. The Balaban J connectivity index is 1.54. The van der Waals surface area contributed by atoms with Crippen molar-refractivity contribution < 1.29 is 9.53 Å². The molecule has 3 rings (SSSR count). The minimum atomic E-state index is -0.253. The second-order valence-corrected chi connectivity index (χ2v) is 6.62. The van der Waals surface area contributed by atoms with Crippen LogP contribution in [0.4, 0.5) is 4.79 Å². The van der Waals surface area contributed by atoms with Gasteiger partial charge < -0.3 is 15.0 Å². The maximum atomic E-state index is 12.1. The van der Waals surface area contributed by atoms with Crippen LogP contribution in [-0.2, 0) is 11.3 Å². The molecule has 1 aromatic carbocycles. The highest BCUT2D eigenvalue weighted by Gasteiger charge is 2.34. The van der Waals surface area contributed by atoms with Crippen molar-refractivity contribution in [1.82, 2.24) is 10.2 Å². The molecule has 1 N–H and O–H groups in total. The second-order valence-electron chi connectivity index (χ2n) is 5.75. The molecule has 0 aliphatic carbocycles. The third kappa shape index (κ3) is 3.62. The first-order valence-corrected chi connectivity index (χ1v) is 7.95. The lowest BCUT2D eigenvalue weighted by Gasteiger charge is -2.33. The predicted molar refractivity (Wildman–Crippen MR) is 82.7 cm³/mol. The first kappa shape index (κ1) is 14.9. The van der Waals surface area contributed by atoms with Crippen LogP contribution >= 0.6 is 23.2 Å². The Labute approximate surface area is 134 Å². The number of nitrogens with one attached hydrogen (secondary N) is 1. The fraction of sp³-hybridized carbons (Fsp3) is 0.533. The van der Waals surface area contributed by atoms with E-state index in [-0.39, 0.29) is 12.7 Å². The van der Waals surface area contributed by atoms with Crippen LogP contribution in [0, 0.1) is 11.8 Å². The summed E-state index contributed by atoms with van der Waals surface area (Å²) in [4.78, 5) is 14.0. The summed E-state index contributed by atoms with van der Waals surface area (Å²) < 4.78 is 5.38. The summed E-state index contributed by atoms with van der Waals surface area (Å²) in [6.45, 7) is 3.83. The highest BCUT2D eigenvalue weighted by Crippen LogP contribution is 2.27. The Kier molecular flexibility index (Phi) is 4.57. The Morgan fingerprint density at radius 3 is 2.71 bits per heavy atom. The zero-order valence-electron chi connectivity index (χ0n) is 11.6. The zero-order valence-corrected chi connectivity index (χ0v) is 13.2. The molecular weight excluding hydrogens is 311 g/mol. The third-order valence-electron chi connectivity index (χ3n) is 4.25. The Bertz CT molecular complexity index is 518. The van der Waals surface area contributed by atoms with E-state index in [0.717, 1.165) is 38.2 Å². The number of carbonyl (C=O) groups excluding carboxylic acids is 1. The average Bonchev–Trinajstić information content (AvgIpc) is 2.91. The zero-order chi connectivity index (χ0) is 14.8. The summed E-state index contributed by atoms with van der Waals surface area (Å²) in [5, 5.41) is 4.48. The molecule has 2 saturated heterocycles. The second kappa shape index (κ2) is 6.42. The van der Waals surface area contributed by atoms with Crippen LogP contribution in [0.15, 0.2) is 18.2 Å². The summed E-state index contributed by atoms with van der Waals surface area (Å²) in [6.07, 6.45) is 0.798. The molecule has 1 aromatic rings. The van der Waals surface area contributed by atoms with Crippen LogP contribution in [0.2, 0.25) is 10.0 Å². The Hall–Kier alpha value is -0.970. The van der Waals surface area contributed by atoms with E-state index in [1.807, 2.05) is 0 Å². The van der Waals surface area contributed by atoms with Gasteiger partial charge in [-0.15, -0.1) is 0 Å². The van der Waals surface area contributed by atoms with E-state index in [2.05, 4.69) is 5.32 Å². The van der Waals surface area contributed by atoms with Gasteiger partial charge >= 0.3 is 6.09 Å². The van der Waals surface area contributed by atoms with Crippen LogP contribution in [0.1, 0.15) is 12.0 Å². The molecule has 0 bridgehead atoms. The van der Waals surface area contributed by atoms with Crippen molar-refractivity contribution in [3.05, 3.63) is 33.8 Å². The number of ether oxygens (including phenoxy) is 1. The first-order chi connectivity index (χ1) is 10.1. The lowest BCUT2D eigenvalue weighted by Crippen LogP contribution is -2.43. The fourth-order valence-electron chi connectivity index (χ4n) is 3.13. The molecule has 2 aliphatic rings. The number of piperidine rings is 1. The van der Waals surface area contributed by atoms with Gasteiger partial charge in [-0.3, -0.25) is 0 Å². The molecule has 21 heavy (non-hydrogen) atoms. The van der Waals surface area contributed by atoms with Crippen molar-refractivity contribution in [3.8, 4) is 0 Å². The summed E-state index contributed by atoms with van der Waals surface area (Å²) >= 11 is 11.9. The minimum absolute atomic E-state index is 0.196. The monoisotopic (exact) mass is 328 g/mol. The van der Waals surface area contributed by atoms with E-state index in [0.29, 0.717) is 21.9 Å². The van der Waals surface area contributed by atoms with E-state index in [1.165, 1.54) is 0 Å². The van der Waals surface area contributed by atoms with Gasteiger partial charge in [-0.1, -0.05) is 23.2 Å². The largest absolute Gasteiger partial charge is 0.445 e. The van der Waals surface area contributed by atoms with E-state index in [4.69, 9.17) is 27.9 Å². The first-order valence-electron chi connectivity index (χ1n) is 7.19. The van der Waals surface area contributed by atoms with Gasteiger partial charge in [0.15, 0.2) is 0 Å². The van der Waals surface area contributed by atoms with Gasteiger partial charge in [-0.25, -0.2) is 4.79 Å². The Morgan fingerprint density at radius 1 is 1.24 bits per heavy atom. The lowest BCUT2D eigenvalue weighted by atomic mass is 9.89. The van der Waals surface area contributed by atoms with E-state index in [9.17, 15) is 4.79 Å². The van der Waals surface area contributed by atoms with Gasteiger partial charge in [-0.2, -0.15) is 0 Å². The highest BCUT2D eigenvalue weighted by molar-refractivity contribution is 6.34. The number of carbonyl (C=O) groups is 1. The van der Waals surface area contributed by atoms with Crippen molar-refractivity contribution in [2.45, 2.75) is 13.0 Å². The number of benzene rings is 1. The molecule has 2 heterocycles. The molecule has 1 amide bonds. The van der Waals surface area contributed by atoms with Crippen molar-refractivity contribution in [2.24, 2.45) is 11.8 Å². The maximum Gasteiger partial charge on any atom is 0.410 e. The molecule has 0 unspecified atom stereocenters. The van der Waals surface area contributed by atoms with Gasteiger partial charge in [0.05, 0.1) is 0 Å². The molecule has 2 aliphatic heterocycles. The van der Waals surface area contributed by atoms with E-state index < -0.39 is 0 Å². The van der Waals surface area contributed by atoms with Gasteiger partial charge in [0.25, 0.3) is 0 Å². The van der Waals surface area contributed by atoms with Crippen molar-refractivity contribution >= 4 is 29.3 Å². The standard InChI is InChI=1S/C15H18Cl2N2O2/c16-13-3-10(4-14(17)5-13)9-21-15(20)19-2-1-11-6-18-7-12(11)8-19/h3-5,11-12,18H,1-2,6-9H2/t11-,12+/m1/s1. The molecular formula is C15H18Cl2N2O2. The molecule has 2 fully saturated rings. The number of amides is 1. The molecule has 114 valence electrons. The summed E-state index contributed by atoms with van der Waals surface area (Å²) in [5.74, 6) is 1.27. The van der Waals surface area contributed by atoms with E-state index >= 15 is 0 Å². The SMILES string of the molecule is O=C(OCc1cc(Cl)cc(Cl)c1)N1CC[C@@H]2CNC[C@H]2C1. The highest BCUT2D eigenvalue weighted by atomic mass is 35.5. The summed E-state index contributed by atoms with van der Waals surface area (Å²) in [6, 6.07) is 5.17. The quantitative estimate of drug-likeness (QED) is 0.906. The number of halogens is 2. The van der Waals surface area contributed by atoms with Crippen LogP contribution in [0.25, 0.3) is 0 Å². The molecule has 6 heteroatoms. The number of nitrogens with zero attached hydrogens (tertiary/aromatic N) is 1. The molecule has 0 radical (unpaired) electrons. The predicted octanol–water partition coefficient (Wildman–Crippen LogP) is 3.17. The van der Waals surface area contributed by atoms with Crippen LogP contribution < -0.4 is 5.32 Å². The number of fused-ring (bicyclic) bond motifs is 1. The fourth-order valence-corrected chi connectivity index (χ4v) is 3.70. The molecule has 0 saturated carbocycles. The number of hydrogen-bond donors (Lipinski definition) is 1. The molecule has 0 aromatic heterocycles. The van der Waals surface area contributed by atoms with Crippen LogP contribution in [0.5, 0.6) is 0 Å². The Morgan fingerprint density at radius 2 is 1.95 bits per heavy atom. The van der Waals surface area contributed by atoms with Gasteiger partial charge in [0.1, 0.15) is 6.61 Å². The average molecular weight is 329 g/mol. The maximum absolute atomic E-state index is 12.1. The summed E-state index contributed by atoms with van der Waals surface area (Å²) in [5.41, 5.74) is 0.804. The topological polar surface area (TPSA) is 41.6 Å². The lowest BCUT2D eigenvalue weighted by molar-refractivity contribution is 0.0730. The van der Waals surface area contributed by atoms with Crippen LogP contribution in [0.3, 0.4) is 0 Å². The van der Waals surface area contributed by atoms with Gasteiger partial charge in [0, 0.05) is 23.1 Å². The number of likely N-dealkylation sites (tertiary alicyclic amines) is 1. The van der Waals surface area contributed by atoms with Gasteiger partial charge in [-0.05, 0) is 55.1 Å². The molecule has 0 spiro atoms.